The first-order valence-electron chi connectivity index (χ1n) is 10.8. The molecule has 5 rings (SSSR count). The molecule has 2 aromatic rings. The Kier molecular flexibility index (Phi) is 4.96. The number of alkyl halides is 3. The second-order valence-corrected chi connectivity index (χ2v) is 8.83. The molecule has 4 heterocycles. The van der Waals surface area contributed by atoms with E-state index in [9.17, 15) is 18.0 Å². The van der Waals surface area contributed by atoms with E-state index in [0.717, 1.165) is 36.7 Å². The minimum Gasteiger partial charge on any atom is -0.335 e. The van der Waals surface area contributed by atoms with Crippen molar-refractivity contribution in [3.05, 3.63) is 59.4 Å². The molecular weight excluding hydrogens is 419 g/mol. The van der Waals surface area contributed by atoms with Crippen molar-refractivity contribution in [1.29, 1.82) is 0 Å². The zero-order valence-corrected chi connectivity index (χ0v) is 17.6. The fraction of sp³-hybridized carbons (Fsp3) is 0.435. The van der Waals surface area contributed by atoms with Gasteiger partial charge in [0.05, 0.1) is 11.3 Å². The number of nitrogens with one attached hydrogen (secondary N) is 2. The van der Waals surface area contributed by atoms with Crippen molar-refractivity contribution in [2.75, 3.05) is 26.2 Å². The molecule has 0 bridgehead atoms. The summed E-state index contributed by atoms with van der Waals surface area (Å²) in [6, 6.07) is 5.60. The molecule has 0 aliphatic carbocycles. The zero-order chi connectivity index (χ0) is 22.5. The van der Waals surface area contributed by atoms with Crippen molar-refractivity contribution < 1.29 is 22.5 Å². The number of carbonyl (C=O) groups is 1. The van der Waals surface area contributed by atoms with Crippen LogP contribution in [0.4, 0.5) is 18.9 Å². The van der Waals surface area contributed by atoms with Crippen molar-refractivity contribution in [1.82, 2.24) is 20.4 Å². The second kappa shape index (κ2) is 7.58. The highest BCUT2D eigenvalue weighted by atomic mass is 19.4. The fourth-order valence-electron chi connectivity index (χ4n) is 5.20. The number of fused-ring (bicyclic) bond motifs is 2. The lowest BCUT2D eigenvalue weighted by atomic mass is 9.81. The van der Waals surface area contributed by atoms with Crippen molar-refractivity contribution in [2.24, 2.45) is 11.3 Å². The van der Waals surface area contributed by atoms with E-state index in [-0.39, 0.29) is 17.5 Å². The van der Waals surface area contributed by atoms with E-state index in [4.69, 9.17) is 0 Å². The van der Waals surface area contributed by atoms with Gasteiger partial charge < -0.3 is 10.2 Å². The van der Waals surface area contributed by atoms with Gasteiger partial charge in [0.15, 0.2) is 18.5 Å². The summed E-state index contributed by atoms with van der Waals surface area (Å²) in [6.07, 6.45) is 1.02. The standard InChI is InChI=1S/C23H24F3N5O/c1-2-22-13-30(19-8-4-3-6-17(19)23(24,25)26)11-15(22)12-31(14-22)21(32)20-16-10-27-9-5-7-18(16)28-29-20/h2-4,6,8,11,15,27H,1,5,7,9-10,12-14H2/p+1/t15-,22+/m1/s1. The summed E-state index contributed by atoms with van der Waals surface area (Å²) in [6.45, 7) is 6.64. The highest BCUT2D eigenvalue weighted by molar-refractivity contribution is 5.94. The Morgan fingerprint density at radius 3 is 2.91 bits per heavy atom. The van der Waals surface area contributed by atoms with Gasteiger partial charge in [0, 0.05) is 37.0 Å². The molecule has 1 saturated heterocycles. The number of aromatic amines is 1. The Bertz CT molecular complexity index is 1110. The predicted octanol–water partition coefficient (Wildman–Crippen LogP) is 3.14. The predicted molar refractivity (Wildman–Crippen MR) is 113 cm³/mol. The maximum absolute atomic E-state index is 13.5. The summed E-state index contributed by atoms with van der Waals surface area (Å²) in [5.74, 6) is -0.252. The number of H-pyrrole nitrogens is 1. The van der Waals surface area contributed by atoms with Crippen molar-refractivity contribution in [3.63, 3.8) is 0 Å². The first-order chi connectivity index (χ1) is 15.3. The molecule has 1 aromatic carbocycles. The van der Waals surface area contributed by atoms with E-state index in [1.807, 2.05) is 6.21 Å². The molecule has 0 spiro atoms. The molecule has 0 unspecified atom stereocenters. The van der Waals surface area contributed by atoms with E-state index < -0.39 is 17.2 Å². The Hall–Kier alpha value is -2.94. The van der Waals surface area contributed by atoms with E-state index >= 15 is 0 Å². The van der Waals surface area contributed by atoms with E-state index in [2.05, 4.69) is 22.1 Å². The lowest BCUT2D eigenvalue weighted by molar-refractivity contribution is -0.440. The topological polar surface area (TPSA) is 64.0 Å². The third-order valence-corrected chi connectivity index (χ3v) is 6.92. The summed E-state index contributed by atoms with van der Waals surface area (Å²) in [5.41, 5.74) is 1.33. The molecular formula is C23H25F3N5O+. The van der Waals surface area contributed by atoms with Crippen LogP contribution < -0.4 is 5.32 Å². The van der Waals surface area contributed by atoms with Crippen molar-refractivity contribution >= 4 is 17.8 Å². The Morgan fingerprint density at radius 2 is 2.16 bits per heavy atom. The number of hydrogen-bond donors (Lipinski definition) is 2. The van der Waals surface area contributed by atoms with Crippen LogP contribution in [0.15, 0.2) is 36.9 Å². The molecule has 2 N–H and O–H groups in total. The molecule has 1 fully saturated rings. The van der Waals surface area contributed by atoms with Gasteiger partial charge in [-0.1, -0.05) is 18.2 Å². The van der Waals surface area contributed by atoms with Gasteiger partial charge in [-0.25, -0.2) is 4.58 Å². The van der Waals surface area contributed by atoms with Gasteiger partial charge in [0.25, 0.3) is 5.91 Å². The van der Waals surface area contributed by atoms with Crippen LogP contribution in [0.25, 0.3) is 0 Å². The quantitative estimate of drug-likeness (QED) is 0.565. The van der Waals surface area contributed by atoms with Gasteiger partial charge in [-0.3, -0.25) is 9.89 Å². The lowest BCUT2D eigenvalue weighted by Gasteiger charge is -2.22. The minimum atomic E-state index is -4.43. The van der Waals surface area contributed by atoms with Crippen LogP contribution in [0.3, 0.4) is 0 Å². The normalized spacial score (nSPS) is 25.2. The average molecular weight is 444 g/mol. The molecule has 3 aliphatic rings. The lowest BCUT2D eigenvalue weighted by Crippen LogP contribution is -2.35. The van der Waals surface area contributed by atoms with Crippen LogP contribution in [-0.4, -0.2) is 58.0 Å². The van der Waals surface area contributed by atoms with Crippen LogP contribution in [0.1, 0.15) is 33.7 Å². The number of carbonyl (C=O) groups excluding carboxylic acids is 1. The number of aromatic nitrogens is 2. The summed E-state index contributed by atoms with van der Waals surface area (Å²) in [5, 5.41) is 10.6. The molecule has 1 amide bonds. The van der Waals surface area contributed by atoms with Gasteiger partial charge in [-0.15, -0.1) is 6.58 Å². The Balaban J connectivity index is 1.42. The van der Waals surface area contributed by atoms with Crippen LogP contribution >= 0.6 is 0 Å². The smallest absolute Gasteiger partial charge is 0.335 e. The van der Waals surface area contributed by atoms with Crippen molar-refractivity contribution in [3.8, 4) is 0 Å². The number of benzene rings is 1. The molecule has 0 saturated carbocycles. The maximum Gasteiger partial charge on any atom is 0.422 e. The molecule has 1 aromatic heterocycles. The Morgan fingerprint density at radius 1 is 1.34 bits per heavy atom. The van der Waals surface area contributed by atoms with Gasteiger partial charge in [0.2, 0.25) is 5.69 Å². The van der Waals surface area contributed by atoms with Gasteiger partial charge in [-0.05, 0) is 25.5 Å². The number of likely N-dealkylation sites (tertiary alicyclic amines) is 1. The molecule has 168 valence electrons. The van der Waals surface area contributed by atoms with Crippen LogP contribution in [0, 0.1) is 11.3 Å². The first kappa shape index (κ1) is 20.9. The number of aryl methyl sites for hydroxylation is 1. The average Bonchev–Trinajstić information content (AvgIpc) is 3.38. The number of para-hydroxylation sites is 1. The van der Waals surface area contributed by atoms with Crippen LogP contribution in [-0.2, 0) is 19.1 Å². The molecule has 3 aliphatic heterocycles. The summed E-state index contributed by atoms with van der Waals surface area (Å²) < 4.78 is 42.3. The largest absolute Gasteiger partial charge is 0.422 e. The molecule has 0 radical (unpaired) electrons. The third-order valence-electron chi connectivity index (χ3n) is 6.92. The van der Waals surface area contributed by atoms with Gasteiger partial charge in [0.1, 0.15) is 5.56 Å². The minimum absolute atomic E-state index is 0.110. The third kappa shape index (κ3) is 3.35. The first-order valence-corrected chi connectivity index (χ1v) is 10.8. The zero-order valence-electron chi connectivity index (χ0n) is 17.6. The van der Waals surface area contributed by atoms with E-state index in [0.29, 0.717) is 31.9 Å². The summed E-state index contributed by atoms with van der Waals surface area (Å²) in [7, 11) is 0. The molecule has 9 heteroatoms. The van der Waals surface area contributed by atoms with Gasteiger partial charge >= 0.3 is 6.18 Å². The van der Waals surface area contributed by atoms with Crippen LogP contribution in [0.2, 0.25) is 0 Å². The van der Waals surface area contributed by atoms with E-state index in [1.165, 1.54) is 12.1 Å². The maximum atomic E-state index is 13.5. The SMILES string of the molecule is C=C[C@]12CN(C(=O)c3n[nH]c4c3CNCCC4)C[C@H]1C=[N+](c1ccccc1C(F)(F)F)C2. The Labute approximate surface area is 183 Å². The number of halogens is 3. The second-order valence-electron chi connectivity index (χ2n) is 8.83. The fourth-order valence-corrected chi connectivity index (χ4v) is 5.20. The summed E-state index contributed by atoms with van der Waals surface area (Å²) in [4.78, 5) is 15.1. The highest BCUT2D eigenvalue weighted by Gasteiger charge is 2.55. The van der Waals surface area contributed by atoms with Crippen LogP contribution in [0.5, 0.6) is 0 Å². The van der Waals surface area contributed by atoms with Gasteiger partial charge in [-0.2, -0.15) is 18.3 Å². The summed E-state index contributed by atoms with van der Waals surface area (Å²) >= 11 is 0. The van der Waals surface area contributed by atoms with E-state index in [1.54, 1.807) is 21.6 Å². The molecule has 2 atom stereocenters. The molecule has 32 heavy (non-hydrogen) atoms. The highest BCUT2D eigenvalue weighted by Crippen LogP contribution is 2.44. The molecule has 6 nitrogen and oxygen atoms in total. The number of rotatable bonds is 3. The number of hydrogen-bond acceptors (Lipinski definition) is 3. The monoisotopic (exact) mass is 444 g/mol. The number of amides is 1. The van der Waals surface area contributed by atoms with Crippen molar-refractivity contribution in [2.45, 2.75) is 25.6 Å². The number of nitrogens with zero attached hydrogens (tertiary/aromatic N) is 3.